The average Bonchev–Trinajstić information content (AvgIpc) is 2.79. The van der Waals surface area contributed by atoms with Gasteiger partial charge in [0.05, 0.1) is 19.8 Å². The molecular formula is C13H21N5O2. The molecular weight excluding hydrogens is 258 g/mol. The first-order chi connectivity index (χ1) is 9.72. The molecule has 20 heavy (non-hydrogen) atoms. The third kappa shape index (κ3) is 2.94. The maximum absolute atomic E-state index is 11.6. The van der Waals surface area contributed by atoms with E-state index in [-0.39, 0.29) is 6.03 Å². The van der Waals surface area contributed by atoms with Crippen molar-refractivity contribution in [2.75, 3.05) is 39.4 Å². The number of morpholine rings is 1. The lowest BCUT2D eigenvalue weighted by atomic mass is 10.1. The van der Waals surface area contributed by atoms with Crippen molar-refractivity contribution in [1.82, 2.24) is 19.4 Å². The number of aromatic nitrogens is 2. The van der Waals surface area contributed by atoms with Crippen LogP contribution in [0.5, 0.6) is 0 Å². The second-order valence-corrected chi connectivity index (χ2v) is 5.49. The van der Waals surface area contributed by atoms with Crippen molar-refractivity contribution < 1.29 is 9.53 Å². The van der Waals surface area contributed by atoms with Gasteiger partial charge in [-0.15, -0.1) is 0 Å². The number of urea groups is 1. The Hall–Kier alpha value is -1.60. The predicted molar refractivity (Wildman–Crippen MR) is 73.0 cm³/mol. The number of primary amides is 1. The predicted octanol–water partition coefficient (Wildman–Crippen LogP) is -0.274. The minimum atomic E-state index is -0.367. The number of imidazole rings is 1. The van der Waals surface area contributed by atoms with Crippen molar-refractivity contribution in [2.45, 2.75) is 13.1 Å². The van der Waals surface area contributed by atoms with Crippen LogP contribution in [0.15, 0.2) is 12.4 Å². The molecule has 1 aromatic rings. The fraction of sp³-hybridized carbons (Fsp3) is 0.692. The lowest BCUT2D eigenvalue weighted by Gasteiger charge is -2.31. The number of amides is 2. The van der Waals surface area contributed by atoms with Crippen molar-refractivity contribution >= 4 is 6.03 Å². The maximum atomic E-state index is 11.6. The van der Waals surface area contributed by atoms with Gasteiger partial charge in [-0.05, 0) is 0 Å². The highest BCUT2D eigenvalue weighted by Gasteiger charge is 2.26. The number of carbonyl (C=O) groups is 1. The van der Waals surface area contributed by atoms with Crippen LogP contribution >= 0.6 is 0 Å². The van der Waals surface area contributed by atoms with Crippen molar-refractivity contribution in [3.8, 4) is 0 Å². The van der Waals surface area contributed by atoms with E-state index in [0.29, 0.717) is 19.0 Å². The van der Waals surface area contributed by atoms with Crippen LogP contribution in [0.3, 0.4) is 0 Å². The highest BCUT2D eigenvalue weighted by atomic mass is 16.5. The average molecular weight is 279 g/mol. The largest absolute Gasteiger partial charge is 0.379 e. The lowest BCUT2D eigenvalue weighted by molar-refractivity contribution is 0.0278. The fourth-order valence-corrected chi connectivity index (χ4v) is 2.97. The molecule has 1 atom stereocenters. The third-order valence-electron chi connectivity index (χ3n) is 4.00. The lowest BCUT2D eigenvalue weighted by Crippen LogP contribution is -2.44. The van der Waals surface area contributed by atoms with E-state index >= 15 is 0 Å². The zero-order valence-corrected chi connectivity index (χ0v) is 11.6. The van der Waals surface area contributed by atoms with E-state index in [4.69, 9.17) is 10.5 Å². The molecule has 0 aromatic carbocycles. The number of nitrogens with two attached hydrogens (primary N) is 1. The quantitative estimate of drug-likeness (QED) is 0.808. The number of nitrogens with zero attached hydrogens (tertiary/aromatic N) is 4. The van der Waals surface area contributed by atoms with Crippen LogP contribution in [0, 0.1) is 5.92 Å². The number of carbonyl (C=O) groups excluding carboxylic acids is 1. The van der Waals surface area contributed by atoms with Gasteiger partial charge in [-0.3, -0.25) is 4.90 Å². The van der Waals surface area contributed by atoms with Gasteiger partial charge in [-0.1, -0.05) is 0 Å². The van der Waals surface area contributed by atoms with Gasteiger partial charge < -0.3 is 19.9 Å². The van der Waals surface area contributed by atoms with Crippen LogP contribution in [0.4, 0.5) is 4.79 Å². The zero-order chi connectivity index (χ0) is 13.9. The summed E-state index contributed by atoms with van der Waals surface area (Å²) in [6.45, 7) is 6.55. The molecule has 2 N–H and O–H groups in total. The minimum absolute atomic E-state index is 0.367. The molecule has 0 bridgehead atoms. The molecule has 0 radical (unpaired) electrons. The Morgan fingerprint density at radius 2 is 2.20 bits per heavy atom. The van der Waals surface area contributed by atoms with E-state index in [2.05, 4.69) is 14.5 Å². The second-order valence-electron chi connectivity index (χ2n) is 5.49. The van der Waals surface area contributed by atoms with Gasteiger partial charge in [0, 0.05) is 51.0 Å². The summed E-state index contributed by atoms with van der Waals surface area (Å²) in [5, 5.41) is 0. The molecule has 2 amide bonds. The molecule has 1 unspecified atom stereocenters. The molecule has 2 aliphatic rings. The van der Waals surface area contributed by atoms with E-state index in [1.807, 2.05) is 6.20 Å². The summed E-state index contributed by atoms with van der Waals surface area (Å²) < 4.78 is 7.51. The van der Waals surface area contributed by atoms with E-state index in [0.717, 1.165) is 45.2 Å². The molecule has 0 saturated carbocycles. The number of rotatable bonds is 2. The van der Waals surface area contributed by atoms with Gasteiger partial charge in [0.25, 0.3) is 0 Å². The summed E-state index contributed by atoms with van der Waals surface area (Å²) >= 11 is 0. The SMILES string of the molecule is NC(=O)N1Cc2nccn2CC(CN2CCOCC2)C1. The first kappa shape index (κ1) is 13.4. The van der Waals surface area contributed by atoms with Gasteiger partial charge in [-0.25, -0.2) is 9.78 Å². The minimum Gasteiger partial charge on any atom is -0.379 e. The highest BCUT2D eigenvalue weighted by molar-refractivity contribution is 5.71. The normalized spacial score (nSPS) is 24.2. The summed E-state index contributed by atoms with van der Waals surface area (Å²) in [5.41, 5.74) is 5.47. The Morgan fingerprint density at radius 3 is 2.95 bits per heavy atom. The number of hydrogen-bond donors (Lipinski definition) is 1. The molecule has 1 saturated heterocycles. The first-order valence-corrected chi connectivity index (χ1v) is 7.07. The fourth-order valence-electron chi connectivity index (χ4n) is 2.97. The Bertz CT molecular complexity index is 469. The monoisotopic (exact) mass is 279 g/mol. The van der Waals surface area contributed by atoms with Crippen molar-refractivity contribution in [2.24, 2.45) is 11.7 Å². The van der Waals surface area contributed by atoms with Crippen LogP contribution in [0.1, 0.15) is 5.82 Å². The summed E-state index contributed by atoms with van der Waals surface area (Å²) in [4.78, 5) is 20.0. The van der Waals surface area contributed by atoms with Gasteiger partial charge in [-0.2, -0.15) is 0 Å². The Balaban J connectivity index is 1.71. The summed E-state index contributed by atoms with van der Waals surface area (Å²) in [6, 6.07) is -0.367. The molecule has 3 heterocycles. The molecule has 1 aromatic heterocycles. The zero-order valence-electron chi connectivity index (χ0n) is 11.6. The Labute approximate surface area is 118 Å². The Kier molecular flexibility index (Phi) is 3.88. The number of ether oxygens (including phenoxy) is 1. The van der Waals surface area contributed by atoms with Gasteiger partial charge in [0.1, 0.15) is 5.82 Å². The standard InChI is InChI=1S/C13H21N5O2/c14-13(19)18-9-11(7-16-3-5-20-6-4-16)8-17-2-1-15-12(17)10-18/h1-2,11H,3-10H2,(H2,14,19). The van der Waals surface area contributed by atoms with Gasteiger partial charge in [0.15, 0.2) is 0 Å². The van der Waals surface area contributed by atoms with Crippen molar-refractivity contribution in [3.63, 3.8) is 0 Å². The summed E-state index contributed by atoms with van der Waals surface area (Å²) in [5.74, 6) is 1.28. The summed E-state index contributed by atoms with van der Waals surface area (Å²) in [7, 11) is 0. The maximum Gasteiger partial charge on any atom is 0.315 e. The van der Waals surface area contributed by atoms with Crippen LogP contribution in [0.25, 0.3) is 0 Å². The number of fused-ring (bicyclic) bond motifs is 1. The number of hydrogen-bond acceptors (Lipinski definition) is 4. The molecule has 110 valence electrons. The van der Waals surface area contributed by atoms with E-state index in [1.165, 1.54) is 0 Å². The van der Waals surface area contributed by atoms with Gasteiger partial charge >= 0.3 is 6.03 Å². The van der Waals surface area contributed by atoms with E-state index in [1.54, 1.807) is 11.1 Å². The molecule has 7 heteroatoms. The van der Waals surface area contributed by atoms with E-state index < -0.39 is 0 Å². The van der Waals surface area contributed by atoms with Crippen LogP contribution in [-0.2, 0) is 17.8 Å². The molecule has 3 rings (SSSR count). The Morgan fingerprint density at radius 1 is 1.40 bits per heavy atom. The van der Waals surface area contributed by atoms with Crippen LogP contribution < -0.4 is 5.73 Å². The van der Waals surface area contributed by atoms with Crippen molar-refractivity contribution in [3.05, 3.63) is 18.2 Å². The van der Waals surface area contributed by atoms with Crippen LogP contribution in [0.2, 0.25) is 0 Å². The third-order valence-corrected chi connectivity index (χ3v) is 4.00. The second kappa shape index (κ2) is 5.80. The molecule has 1 fully saturated rings. The van der Waals surface area contributed by atoms with Gasteiger partial charge in [0.2, 0.25) is 0 Å². The highest BCUT2D eigenvalue weighted by Crippen LogP contribution is 2.16. The topological polar surface area (TPSA) is 76.6 Å². The summed E-state index contributed by atoms with van der Waals surface area (Å²) in [6.07, 6.45) is 3.76. The smallest absolute Gasteiger partial charge is 0.315 e. The van der Waals surface area contributed by atoms with E-state index in [9.17, 15) is 4.79 Å². The first-order valence-electron chi connectivity index (χ1n) is 7.07. The van der Waals surface area contributed by atoms with Crippen LogP contribution in [-0.4, -0.2) is 64.8 Å². The molecule has 2 aliphatic heterocycles. The molecule has 7 nitrogen and oxygen atoms in total. The molecule has 0 spiro atoms. The molecule has 0 aliphatic carbocycles. The van der Waals surface area contributed by atoms with Crippen molar-refractivity contribution in [1.29, 1.82) is 0 Å².